The second kappa shape index (κ2) is 5.11. The number of halogens is 1. The zero-order valence-corrected chi connectivity index (χ0v) is 10.8. The van der Waals surface area contributed by atoms with E-state index in [9.17, 15) is 0 Å². The summed E-state index contributed by atoms with van der Waals surface area (Å²) in [5, 5.41) is 14.2. The molecule has 0 aliphatic carbocycles. The van der Waals surface area contributed by atoms with Crippen LogP contribution >= 0.6 is 11.6 Å². The molecular formula is C13H13ClN4. The highest BCUT2D eigenvalue weighted by Crippen LogP contribution is 2.20. The molecule has 5 heteroatoms. The molecule has 1 heterocycles. The van der Waals surface area contributed by atoms with E-state index in [2.05, 4.69) is 11.2 Å². The Morgan fingerprint density at radius 2 is 2.06 bits per heavy atom. The van der Waals surface area contributed by atoms with Gasteiger partial charge in [0.15, 0.2) is 0 Å². The maximum atomic E-state index is 9.13. The first kappa shape index (κ1) is 12.5. The van der Waals surface area contributed by atoms with Gasteiger partial charge in [-0.1, -0.05) is 23.7 Å². The van der Waals surface area contributed by atoms with Crippen LogP contribution in [0, 0.1) is 11.3 Å². The van der Waals surface area contributed by atoms with E-state index in [0.717, 1.165) is 5.56 Å². The molecule has 2 rings (SSSR count). The van der Waals surface area contributed by atoms with E-state index in [-0.39, 0.29) is 0 Å². The smallest absolute Gasteiger partial charge is 0.140 e. The molecule has 2 aromatic rings. The van der Waals surface area contributed by atoms with Gasteiger partial charge in [-0.05, 0) is 24.6 Å². The van der Waals surface area contributed by atoms with Crippen molar-refractivity contribution in [2.24, 2.45) is 0 Å². The van der Waals surface area contributed by atoms with Crippen LogP contribution in [0.25, 0.3) is 0 Å². The Morgan fingerprint density at radius 3 is 2.61 bits per heavy atom. The third-order valence-corrected chi connectivity index (χ3v) is 3.01. The SMILES string of the molecule is CCn1nc(Cc2ccc(Cl)cc2)c(C#N)c1N. The van der Waals surface area contributed by atoms with E-state index in [1.54, 1.807) is 4.68 Å². The zero-order valence-electron chi connectivity index (χ0n) is 10.0. The summed E-state index contributed by atoms with van der Waals surface area (Å²) in [4.78, 5) is 0. The van der Waals surface area contributed by atoms with Crippen molar-refractivity contribution in [1.29, 1.82) is 5.26 Å². The number of rotatable bonds is 3. The van der Waals surface area contributed by atoms with Gasteiger partial charge >= 0.3 is 0 Å². The minimum Gasteiger partial charge on any atom is -0.383 e. The van der Waals surface area contributed by atoms with Gasteiger partial charge < -0.3 is 5.73 Å². The van der Waals surface area contributed by atoms with Crippen LogP contribution < -0.4 is 5.73 Å². The highest BCUT2D eigenvalue weighted by molar-refractivity contribution is 6.30. The Kier molecular flexibility index (Phi) is 3.54. The van der Waals surface area contributed by atoms with Gasteiger partial charge in [0.05, 0.1) is 5.69 Å². The van der Waals surface area contributed by atoms with E-state index in [0.29, 0.717) is 35.1 Å². The molecule has 4 nitrogen and oxygen atoms in total. The van der Waals surface area contributed by atoms with E-state index in [1.807, 2.05) is 31.2 Å². The molecule has 0 spiro atoms. The first-order chi connectivity index (χ1) is 8.65. The third-order valence-electron chi connectivity index (χ3n) is 2.76. The van der Waals surface area contributed by atoms with Crippen LogP contribution in [-0.4, -0.2) is 9.78 Å². The molecule has 0 unspecified atom stereocenters. The molecular weight excluding hydrogens is 248 g/mol. The second-order valence-electron chi connectivity index (χ2n) is 3.94. The molecule has 1 aromatic heterocycles. The van der Waals surface area contributed by atoms with Crippen molar-refractivity contribution >= 4 is 17.4 Å². The Bertz CT molecular complexity index is 593. The Hall–Kier alpha value is -1.99. The number of benzene rings is 1. The predicted molar refractivity (Wildman–Crippen MR) is 71.3 cm³/mol. The fourth-order valence-corrected chi connectivity index (χ4v) is 1.93. The monoisotopic (exact) mass is 260 g/mol. The summed E-state index contributed by atoms with van der Waals surface area (Å²) in [6.07, 6.45) is 0.581. The number of anilines is 1. The minimum absolute atomic E-state index is 0.434. The topological polar surface area (TPSA) is 67.6 Å². The molecule has 0 radical (unpaired) electrons. The van der Waals surface area contributed by atoms with Gasteiger partial charge in [-0.25, -0.2) is 4.68 Å². The van der Waals surface area contributed by atoms with Crippen molar-refractivity contribution in [1.82, 2.24) is 9.78 Å². The van der Waals surface area contributed by atoms with Gasteiger partial charge in [-0.2, -0.15) is 10.4 Å². The molecule has 0 aliphatic heterocycles. The number of aromatic nitrogens is 2. The minimum atomic E-state index is 0.434. The van der Waals surface area contributed by atoms with Gasteiger partial charge in [0.1, 0.15) is 17.5 Å². The number of nitriles is 1. The highest BCUT2D eigenvalue weighted by atomic mass is 35.5. The molecule has 92 valence electrons. The number of hydrogen-bond donors (Lipinski definition) is 1. The van der Waals surface area contributed by atoms with Crippen LogP contribution in [0.4, 0.5) is 5.82 Å². The molecule has 0 bridgehead atoms. The second-order valence-corrected chi connectivity index (χ2v) is 4.37. The lowest BCUT2D eigenvalue weighted by Gasteiger charge is -1.99. The summed E-state index contributed by atoms with van der Waals surface area (Å²) in [5.41, 5.74) is 8.08. The van der Waals surface area contributed by atoms with E-state index in [4.69, 9.17) is 22.6 Å². The van der Waals surface area contributed by atoms with Crippen molar-refractivity contribution in [3.63, 3.8) is 0 Å². The lowest BCUT2D eigenvalue weighted by molar-refractivity contribution is 0.659. The largest absolute Gasteiger partial charge is 0.383 e. The summed E-state index contributed by atoms with van der Waals surface area (Å²) >= 11 is 5.83. The summed E-state index contributed by atoms with van der Waals surface area (Å²) < 4.78 is 1.64. The number of nitrogen functional groups attached to an aromatic ring is 1. The van der Waals surface area contributed by atoms with Gasteiger partial charge in [-0.15, -0.1) is 0 Å². The predicted octanol–water partition coefficient (Wildman–Crippen LogP) is 2.60. The molecule has 0 atom stereocenters. The average Bonchev–Trinajstić information content (AvgIpc) is 2.68. The van der Waals surface area contributed by atoms with Crippen LogP contribution in [-0.2, 0) is 13.0 Å². The summed E-state index contributed by atoms with van der Waals surface area (Å²) in [5.74, 6) is 0.434. The number of nitrogens with two attached hydrogens (primary N) is 1. The number of nitrogens with zero attached hydrogens (tertiary/aromatic N) is 3. The molecule has 0 aliphatic rings. The number of hydrogen-bond acceptors (Lipinski definition) is 3. The molecule has 0 saturated heterocycles. The molecule has 0 amide bonds. The summed E-state index contributed by atoms with van der Waals surface area (Å²) in [6, 6.07) is 9.60. The van der Waals surface area contributed by atoms with Crippen molar-refractivity contribution in [3.8, 4) is 6.07 Å². The van der Waals surface area contributed by atoms with Crippen molar-refractivity contribution in [2.45, 2.75) is 19.9 Å². The third kappa shape index (κ3) is 2.31. The lowest BCUT2D eigenvalue weighted by atomic mass is 10.1. The quantitative estimate of drug-likeness (QED) is 0.922. The number of aryl methyl sites for hydroxylation is 1. The normalized spacial score (nSPS) is 10.3. The zero-order chi connectivity index (χ0) is 13.1. The fourth-order valence-electron chi connectivity index (χ4n) is 1.81. The van der Waals surface area contributed by atoms with Gasteiger partial charge in [0, 0.05) is 18.0 Å². The standard InChI is InChI=1S/C13H13ClN4/c1-2-18-13(16)11(8-15)12(17-18)7-9-3-5-10(14)6-4-9/h3-6H,2,7,16H2,1H3. The van der Waals surface area contributed by atoms with E-state index >= 15 is 0 Å². The Labute approximate surface area is 111 Å². The van der Waals surface area contributed by atoms with Gasteiger partial charge in [0.2, 0.25) is 0 Å². The van der Waals surface area contributed by atoms with Crippen LogP contribution in [0.1, 0.15) is 23.7 Å². The Balaban J connectivity index is 2.34. The van der Waals surface area contributed by atoms with Crippen molar-refractivity contribution < 1.29 is 0 Å². The first-order valence-corrected chi connectivity index (χ1v) is 6.03. The van der Waals surface area contributed by atoms with Crippen molar-refractivity contribution in [2.75, 3.05) is 5.73 Å². The molecule has 0 fully saturated rings. The van der Waals surface area contributed by atoms with Crippen LogP contribution in [0.5, 0.6) is 0 Å². The van der Waals surface area contributed by atoms with Crippen molar-refractivity contribution in [3.05, 3.63) is 46.1 Å². The average molecular weight is 261 g/mol. The van der Waals surface area contributed by atoms with Crippen LogP contribution in [0.15, 0.2) is 24.3 Å². The Morgan fingerprint density at radius 1 is 1.39 bits per heavy atom. The molecule has 18 heavy (non-hydrogen) atoms. The fraction of sp³-hybridized carbons (Fsp3) is 0.231. The molecule has 1 aromatic carbocycles. The van der Waals surface area contributed by atoms with Crippen LogP contribution in [0.2, 0.25) is 5.02 Å². The van der Waals surface area contributed by atoms with E-state index < -0.39 is 0 Å². The van der Waals surface area contributed by atoms with Gasteiger partial charge in [0.25, 0.3) is 0 Å². The summed E-state index contributed by atoms with van der Waals surface area (Å²) in [6.45, 7) is 2.59. The van der Waals surface area contributed by atoms with Gasteiger partial charge in [-0.3, -0.25) is 0 Å². The van der Waals surface area contributed by atoms with Crippen LogP contribution in [0.3, 0.4) is 0 Å². The van der Waals surface area contributed by atoms with E-state index in [1.165, 1.54) is 0 Å². The molecule has 2 N–H and O–H groups in total. The lowest BCUT2D eigenvalue weighted by Crippen LogP contribution is -2.02. The maximum absolute atomic E-state index is 9.13. The maximum Gasteiger partial charge on any atom is 0.140 e. The summed E-state index contributed by atoms with van der Waals surface area (Å²) in [7, 11) is 0. The highest BCUT2D eigenvalue weighted by Gasteiger charge is 2.14. The molecule has 0 saturated carbocycles. The first-order valence-electron chi connectivity index (χ1n) is 5.65.